The molecule has 0 fully saturated rings. The number of para-hydroxylation sites is 8. The first-order valence-electron chi connectivity index (χ1n) is 32.0. The van der Waals surface area contributed by atoms with Crippen molar-refractivity contribution in [2.24, 2.45) is 0 Å². The number of carboxylic acids is 1. The van der Waals surface area contributed by atoms with Crippen LogP contribution < -0.4 is 0 Å². The Morgan fingerprint density at radius 2 is 0.680 bits per heavy atom. The number of benzene rings is 8. The van der Waals surface area contributed by atoms with Gasteiger partial charge in [-0.2, -0.15) is 8.42 Å². The predicted molar refractivity (Wildman–Crippen MR) is 385 cm³/mol. The van der Waals surface area contributed by atoms with Crippen molar-refractivity contribution in [2.45, 2.75) is 91.6 Å². The van der Waals surface area contributed by atoms with Gasteiger partial charge in [0.25, 0.3) is 16.1 Å². The molecule has 4 heterocycles. The van der Waals surface area contributed by atoms with Crippen molar-refractivity contribution >= 4 is 84.5 Å². The molecule has 0 spiro atoms. The van der Waals surface area contributed by atoms with Crippen LogP contribution in [0.3, 0.4) is 0 Å². The Hall–Kier alpha value is -9.10. The number of carboxylic acid groups (broad SMARTS) is 1. The second-order valence-electron chi connectivity index (χ2n) is 23.7. The molecule has 0 amide bonds. The zero-order valence-electron chi connectivity index (χ0n) is 54.6. The van der Waals surface area contributed by atoms with E-state index in [0.717, 1.165) is 132 Å². The van der Waals surface area contributed by atoms with Gasteiger partial charge < -0.3 is 28.5 Å². The van der Waals surface area contributed by atoms with Crippen LogP contribution in [0.2, 0.25) is 0 Å². The number of fused-ring (bicyclic) bond motifs is 4. The van der Waals surface area contributed by atoms with Gasteiger partial charge in [-0.05, 0) is 99.5 Å². The van der Waals surface area contributed by atoms with Gasteiger partial charge >= 0.3 is 34.1 Å². The van der Waals surface area contributed by atoms with Crippen LogP contribution >= 0.6 is 0 Å². The maximum Gasteiger partial charge on any atom is 1.00 e. The molecule has 0 radical (unpaired) electrons. The molecule has 3 N–H and O–H groups in total. The van der Waals surface area contributed by atoms with Crippen molar-refractivity contribution < 1.29 is 62.1 Å². The van der Waals surface area contributed by atoms with E-state index in [9.17, 15) is 13.5 Å². The Morgan fingerprint density at radius 3 is 0.897 bits per heavy atom. The Labute approximate surface area is 589 Å². The van der Waals surface area contributed by atoms with E-state index in [4.69, 9.17) is 34.4 Å². The van der Waals surface area contributed by atoms with Gasteiger partial charge in [-0.1, -0.05) is 216 Å². The minimum atomic E-state index is -3.70. The third-order valence-electron chi connectivity index (χ3n) is 16.6. The van der Waals surface area contributed by atoms with E-state index < -0.39 is 22.2 Å². The summed E-state index contributed by atoms with van der Waals surface area (Å²) in [5.74, 6) is 2.65. The number of nitrogens with zero attached hydrogens (tertiary/aromatic N) is 10. The molecule has 4 aromatic heterocycles. The number of aromatic nitrogens is 8. The van der Waals surface area contributed by atoms with Crippen molar-refractivity contribution in [2.75, 3.05) is 18.8 Å². The maximum absolute atomic E-state index is 13.1. The third-order valence-corrected chi connectivity index (χ3v) is 17.4. The van der Waals surface area contributed by atoms with Crippen LogP contribution in [-0.4, -0.2) is 102 Å². The summed E-state index contributed by atoms with van der Waals surface area (Å²) in [6, 6.07) is 67.5. The monoisotopic (exact) mass is 1410 g/mol. The fourth-order valence-corrected chi connectivity index (χ4v) is 12.4. The summed E-state index contributed by atoms with van der Waals surface area (Å²) in [5, 5.41) is 20.5. The number of hydrogen-bond donors (Lipinski definition) is 3. The molecular formula is C78H82Cu2N10O6S+2. The van der Waals surface area contributed by atoms with Crippen LogP contribution in [-0.2, 0) is 101 Å². The molecule has 0 bridgehead atoms. The average molecular weight is 1410 g/mol. The van der Waals surface area contributed by atoms with Crippen molar-refractivity contribution in [3.8, 4) is 0 Å². The summed E-state index contributed by atoms with van der Waals surface area (Å²) in [4.78, 5) is 35.0. The van der Waals surface area contributed by atoms with Crippen molar-refractivity contribution in [1.29, 1.82) is 0 Å². The zero-order valence-corrected chi connectivity index (χ0v) is 57.3. The van der Waals surface area contributed by atoms with E-state index in [1.807, 2.05) is 55.5 Å². The number of aliphatic carboxylic acids is 1. The number of carbonyl (C=O) groups is 1. The molecule has 12 rings (SSSR count). The summed E-state index contributed by atoms with van der Waals surface area (Å²) in [5.41, 5.74) is 16.8. The first kappa shape index (κ1) is 73.7. The fraction of sp³-hybridized carbons (Fsp3) is 0.218. The Kier molecular flexibility index (Phi) is 26.8. The molecule has 0 atom stereocenters. The minimum Gasteiger partial charge on any atom is -0.481 e. The Morgan fingerprint density at radius 1 is 0.443 bits per heavy atom. The van der Waals surface area contributed by atoms with Crippen LogP contribution in [0.25, 0.3) is 68.4 Å². The molecule has 97 heavy (non-hydrogen) atoms. The quantitative estimate of drug-likeness (QED) is 0.0239. The molecule has 0 aliphatic heterocycles. The smallest absolute Gasteiger partial charge is 0.481 e. The van der Waals surface area contributed by atoms with Crippen molar-refractivity contribution in [3.05, 3.63) is 288 Å². The van der Waals surface area contributed by atoms with E-state index in [-0.39, 0.29) is 39.9 Å². The molecule has 16 nitrogen and oxygen atoms in total. The van der Waals surface area contributed by atoms with Crippen LogP contribution in [0.5, 0.6) is 0 Å². The van der Waals surface area contributed by atoms with Gasteiger partial charge in [0, 0.05) is 46.2 Å². The van der Waals surface area contributed by atoms with Crippen molar-refractivity contribution in [1.82, 2.24) is 48.0 Å². The van der Waals surface area contributed by atoms with E-state index in [2.05, 4.69) is 224 Å². The van der Waals surface area contributed by atoms with Crippen molar-refractivity contribution in [3.63, 3.8) is 0 Å². The summed E-state index contributed by atoms with van der Waals surface area (Å²) < 4.78 is 37.6. The van der Waals surface area contributed by atoms with Gasteiger partial charge in [0.1, 0.15) is 23.3 Å². The van der Waals surface area contributed by atoms with E-state index in [0.29, 0.717) is 71.9 Å². The zero-order chi connectivity index (χ0) is 66.8. The molecule has 0 unspecified atom stereocenters. The SMILES string of the molecule is C=Cc1ccc(Cn2c(CN(Cc3nc4ccccc4n3Cc3ccc(C=C)cc3)CC(O)CN(Cc3nc4ccccc4n3Cc3ccc(C=C)cc3)Cc3nc4ccccc4n3Cc3ccc(C=C)cc3)nc3ccccc32)cc1.CC(=O)O.CCCCCS(=O)(=O)O.[Cu+].[Cu+]. The summed E-state index contributed by atoms with van der Waals surface area (Å²) >= 11 is 0. The normalized spacial score (nSPS) is 11.3. The van der Waals surface area contributed by atoms with Gasteiger partial charge in [0.2, 0.25) is 0 Å². The van der Waals surface area contributed by atoms with E-state index >= 15 is 0 Å². The van der Waals surface area contributed by atoms with E-state index in [1.54, 1.807) is 0 Å². The number of aliphatic hydroxyl groups is 1. The number of rotatable bonds is 28. The standard InChI is InChI=1S/C71H66N10O.C5H12O3S.C2H4O2.2Cu/c1-5-51-25-33-55(34-26-51)41-78-64-21-13-9-17-60(64)72-68(78)47-76(48-69-73-61-18-10-14-22-65(61)79(69)42-56-35-27-52(6-2)28-36-56)45-59(82)46-77(49-70-74-62-19-11-15-23-66(62)80(70)43-57-37-29-53(7-3)30-38-57)50-71-75-63-20-12-16-24-67(63)81(71)44-58-39-31-54(8-4)32-40-58;1-2-3-4-5-9(6,7)8;1-2(3)4;;/h5-40,59,82H,1-4,41-50H2;2-5H2,1H3,(H,6,7,8);1H3,(H,3,4);;/q;;;2*+1. The third kappa shape index (κ3) is 20.0. The van der Waals surface area contributed by atoms with Gasteiger partial charge in [0.15, 0.2) is 0 Å². The van der Waals surface area contributed by atoms with Crippen LogP contribution in [0.4, 0.5) is 0 Å². The maximum atomic E-state index is 13.1. The summed E-state index contributed by atoms with van der Waals surface area (Å²) in [6.45, 7) is 23.9. The van der Waals surface area contributed by atoms with Gasteiger partial charge in [-0.25, -0.2) is 19.9 Å². The van der Waals surface area contributed by atoms with Crippen LogP contribution in [0.15, 0.2) is 220 Å². The first-order valence-corrected chi connectivity index (χ1v) is 33.6. The second kappa shape index (κ2) is 35.2. The molecule has 0 saturated carbocycles. The minimum absolute atomic E-state index is 0. The van der Waals surface area contributed by atoms with Gasteiger partial charge in [0.05, 0.1) is 82.2 Å². The van der Waals surface area contributed by atoms with Crippen LogP contribution in [0.1, 0.15) is 101 Å². The molecule has 0 aliphatic carbocycles. The van der Waals surface area contributed by atoms with Gasteiger partial charge in [-0.3, -0.25) is 19.1 Å². The largest absolute Gasteiger partial charge is 1.00 e. The first-order chi connectivity index (χ1) is 46.1. The molecule has 506 valence electrons. The second-order valence-corrected chi connectivity index (χ2v) is 25.3. The number of imidazole rings is 4. The molecule has 19 heteroatoms. The number of aliphatic hydroxyl groups excluding tert-OH is 1. The summed E-state index contributed by atoms with van der Waals surface area (Å²) in [7, 11) is -3.70. The van der Waals surface area contributed by atoms with Gasteiger partial charge in [-0.15, -0.1) is 0 Å². The Bertz CT molecular complexity index is 4170. The molecule has 0 saturated heterocycles. The fourth-order valence-electron chi connectivity index (χ4n) is 11.8. The molecule has 12 aromatic rings. The molecular weight excluding hydrogens is 1330 g/mol. The van der Waals surface area contributed by atoms with Crippen LogP contribution in [0, 0.1) is 0 Å². The number of unbranched alkanes of at least 4 members (excludes halogenated alkanes) is 2. The topological polar surface area (TPSA) is 190 Å². The average Bonchev–Trinajstić information content (AvgIpc) is 1.67. The summed E-state index contributed by atoms with van der Waals surface area (Å²) in [6.07, 6.45) is 9.03. The molecule has 0 aliphatic rings. The predicted octanol–water partition coefficient (Wildman–Crippen LogP) is 15.1. The Balaban J connectivity index is 0.000000731. The molecule has 8 aromatic carbocycles. The number of hydrogen-bond acceptors (Lipinski definition) is 10. The van der Waals surface area contributed by atoms with E-state index in [1.165, 1.54) is 0 Å².